The van der Waals surface area contributed by atoms with Gasteiger partial charge in [-0.25, -0.2) is 9.78 Å². The Bertz CT molecular complexity index is 564. The predicted molar refractivity (Wildman–Crippen MR) is 90.4 cm³/mol. The fourth-order valence-corrected chi connectivity index (χ4v) is 3.18. The summed E-state index contributed by atoms with van der Waals surface area (Å²) in [6.45, 7) is 6.47. The van der Waals surface area contributed by atoms with E-state index in [9.17, 15) is 4.79 Å². The SMILES string of the molecule is CC(C)(C)OC(=O)N1CCC[C@H]1c1cccnc1NC1CCC1. The molecule has 0 bridgehead atoms. The standard InChI is InChI=1S/C18H27N3O2/c1-18(2,3)23-17(22)21-12-6-10-15(21)14-9-5-11-19-16(14)20-13-7-4-8-13/h5,9,11,13,15H,4,6-8,10,12H2,1-3H3,(H,19,20)/t15-/m0/s1. The number of nitrogens with one attached hydrogen (secondary N) is 1. The van der Waals surface area contributed by atoms with E-state index in [1.54, 1.807) is 0 Å². The van der Waals surface area contributed by atoms with Gasteiger partial charge in [0.2, 0.25) is 0 Å². The molecule has 23 heavy (non-hydrogen) atoms. The van der Waals surface area contributed by atoms with Crippen molar-refractivity contribution in [2.24, 2.45) is 0 Å². The van der Waals surface area contributed by atoms with Gasteiger partial charge in [-0.1, -0.05) is 6.07 Å². The lowest BCUT2D eigenvalue weighted by molar-refractivity contribution is 0.0225. The lowest BCUT2D eigenvalue weighted by atomic mass is 9.92. The smallest absolute Gasteiger partial charge is 0.410 e. The summed E-state index contributed by atoms with van der Waals surface area (Å²) in [5.41, 5.74) is 0.648. The summed E-state index contributed by atoms with van der Waals surface area (Å²) in [7, 11) is 0. The zero-order valence-corrected chi connectivity index (χ0v) is 14.3. The Balaban J connectivity index is 1.78. The van der Waals surface area contributed by atoms with Crippen LogP contribution in [0.4, 0.5) is 10.6 Å². The van der Waals surface area contributed by atoms with E-state index in [1.807, 2.05) is 37.9 Å². The highest BCUT2D eigenvalue weighted by atomic mass is 16.6. The summed E-state index contributed by atoms with van der Waals surface area (Å²) >= 11 is 0. The molecule has 1 saturated heterocycles. The number of nitrogens with zero attached hydrogens (tertiary/aromatic N) is 2. The van der Waals surface area contributed by atoms with Gasteiger partial charge in [-0.2, -0.15) is 0 Å². The number of hydrogen-bond acceptors (Lipinski definition) is 4. The second-order valence-electron chi connectivity index (χ2n) is 7.55. The van der Waals surface area contributed by atoms with Crippen LogP contribution in [0.1, 0.15) is 64.5 Å². The number of carbonyl (C=O) groups is 1. The zero-order chi connectivity index (χ0) is 16.4. The van der Waals surface area contributed by atoms with E-state index >= 15 is 0 Å². The molecule has 5 nitrogen and oxygen atoms in total. The Morgan fingerprint density at radius 3 is 2.74 bits per heavy atom. The summed E-state index contributed by atoms with van der Waals surface area (Å²) in [5, 5.41) is 3.54. The molecule has 0 radical (unpaired) electrons. The monoisotopic (exact) mass is 317 g/mol. The van der Waals surface area contributed by atoms with Gasteiger partial charge >= 0.3 is 6.09 Å². The number of anilines is 1. The Morgan fingerprint density at radius 2 is 2.09 bits per heavy atom. The van der Waals surface area contributed by atoms with Crippen molar-refractivity contribution in [2.75, 3.05) is 11.9 Å². The molecule has 1 N–H and O–H groups in total. The number of carbonyl (C=O) groups excluding carboxylic acids is 1. The molecular formula is C18H27N3O2. The molecule has 1 aliphatic heterocycles. The Labute approximate surface area is 138 Å². The van der Waals surface area contributed by atoms with Crippen LogP contribution in [0.25, 0.3) is 0 Å². The van der Waals surface area contributed by atoms with Crippen LogP contribution in [-0.2, 0) is 4.74 Å². The van der Waals surface area contributed by atoms with Crippen LogP contribution in [-0.4, -0.2) is 34.2 Å². The second-order valence-corrected chi connectivity index (χ2v) is 7.55. The molecule has 0 spiro atoms. The van der Waals surface area contributed by atoms with Crippen molar-refractivity contribution in [1.29, 1.82) is 0 Å². The minimum atomic E-state index is -0.466. The van der Waals surface area contributed by atoms with Crippen LogP contribution in [0.2, 0.25) is 0 Å². The molecule has 2 fully saturated rings. The first-order valence-corrected chi connectivity index (χ1v) is 8.65. The summed E-state index contributed by atoms with van der Waals surface area (Å²) in [5.74, 6) is 0.928. The Morgan fingerprint density at radius 1 is 1.30 bits per heavy atom. The van der Waals surface area contributed by atoms with Gasteiger partial charge in [0.25, 0.3) is 0 Å². The molecular weight excluding hydrogens is 290 g/mol. The van der Waals surface area contributed by atoms with Gasteiger partial charge in [0.1, 0.15) is 11.4 Å². The third-order valence-corrected chi connectivity index (χ3v) is 4.52. The van der Waals surface area contributed by atoms with Crippen LogP contribution in [0.5, 0.6) is 0 Å². The van der Waals surface area contributed by atoms with E-state index in [0.29, 0.717) is 6.04 Å². The van der Waals surface area contributed by atoms with Crippen molar-refractivity contribution in [3.05, 3.63) is 23.9 Å². The maximum absolute atomic E-state index is 12.5. The maximum atomic E-state index is 12.5. The molecule has 5 heteroatoms. The molecule has 0 aromatic carbocycles. The Kier molecular flexibility index (Phi) is 4.46. The van der Waals surface area contributed by atoms with Crippen LogP contribution in [0.15, 0.2) is 18.3 Å². The van der Waals surface area contributed by atoms with E-state index in [4.69, 9.17) is 4.74 Å². The topological polar surface area (TPSA) is 54.5 Å². The number of aromatic nitrogens is 1. The summed E-state index contributed by atoms with van der Waals surface area (Å²) in [6, 6.07) is 4.62. The largest absolute Gasteiger partial charge is 0.444 e. The molecule has 126 valence electrons. The number of rotatable bonds is 3. The average molecular weight is 317 g/mol. The van der Waals surface area contributed by atoms with Gasteiger partial charge in [0, 0.05) is 24.3 Å². The normalized spacial score (nSPS) is 21.9. The van der Waals surface area contributed by atoms with E-state index in [2.05, 4.69) is 16.4 Å². The zero-order valence-electron chi connectivity index (χ0n) is 14.3. The third-order valence-electron chi connectivity index (χ3n) is 4.52. The fourth-order valence-electron chi connectivity index (χ4n) is 3.18. The molecule has 1 aromatic rings. The number of ether oxygens (including phenoxy) is 1. The molecule has 1 atom stereocenters. The summed E-state index contributed by atoms with van der Waals surface area (Å²) in [6.07, 6.45) is 7.25. The molecule has 3 rings (SSSR count). The summed E-state index contributed by atoms with van der Waals surface area (Å²) in [4.78, 5) is 18.9. The van der Waals surface area contributed by atoms with Crippen molar-refractivity contribution in [1.82, 2.24) is 9.88 Å². The molecule has 1 saturated carbocycles. The van der Waals surface area contributed by atoms with Crippen molar-refractivity contribution in [3.8, 4) is 0 Å². The second kappa shape index (κ2) is 6.38. The van der Waals surface area contributed by atoms with E-state index in [0.717, 1.165) is 30.8 Å². The van der Waals surface area contributed by atoms with Gasteiger partial charge in [0.15, 0.2) is 0 Å². The van der Waals surface area contributed by atoms with Gasteiger partial charge in [-0.3, -0.25) is 0 Å². The van der Waals surface area contributed by atoms with Crippen molar-refractivity contribution < 1.29 is 9.53 Å². The van der Waals surface area contributed by atoms with Crippen LogP contribution in [0.3, 0.4) is 0 Å². The highest BCUT2D eigenvalue weighted by Gasteiger charge is 2.35. The van der Waals surface area contributed by atoms with Gasteiger partial charge < -0.3 is 15.0 Å². The van der Waals surface area contributed by atoms with Gasteiger partial charge in [-0.05, 0) is 58.9 Å². The highest BCUT2D eigenvalue weighted by molar-refractivity contribution is 5.70. The van der Waals surface area contributed by atoms with Crippen LogP contribution >= 0.6 is 0 Å². The van der Waals surface area contributed by atoms with Crippen molar-refractivity contribution in [3.63, 3.8) is 0 Å². The van der Waals surface area contributed by atoms with E-state index < -0.39 is 5.60 Å². The van der Waals surface area contributed by atoms with Crippen LogP contribution in [0, 0.1) is 0 Å². The van der Waals surface area contributed by atoms with E-state index in [1.165, 1.54) is 19.3 Å². The third kappa shape index (κ3) is 3.77. The molecule has 0 unspecified atom stereocenters. The lowest BCUT2D eigenvalue weighted by Gasteiger charge is -2.31. The average Bonchev–Trinajstić information content (AvgIpc) is 2.91. The lowest BCUT2D eigenvalue weighted by Crippen LogP contribution is -2.37. The van der Waals surface area contributed by atoms with Crippen molar-refractivity contribution >= 4 is 11.9 Å². The van der Waals surface area contributed by atoms with Crippen molar-refractivity contribution in [2.45, 2.75) is 70.6 Å². The molecule has 2 aliphatic rings. The van der Waals surface area contributed by atoms with Gasteiger partial charge in [0.05, 0.1) is 6.04 Å². The number of pyridine rings is 1. The first-order chi connectivity index (χ1) is 10.9. The molecule has 1 amide bonds. The number of amides is 1. The van der Waals surface area contributed by atoms with Crippen LogP contribution < -0.4 is 5.32 Å². The van der Waals surface area contributed by atoms with E-state index in [-0.39, 0.29) is 12.1 Å². The maximum Gasteiger partial charge on any atom is 0.410 e. The molecule has 1 aliphatic carbocycles. The number of hydrogen-bond donors (Lipinski definition) is 1. The molecule has 2 heterocycles. The highest BCUT2D eigenvalue weighted by Crippen LogP contribution is 2.37. The minimum Gasteiger partial charge on any atom is -0.444 e. The summed E-state index contributed by atoms with van der Waals surface area (Å²) < 4.78 is 5.57. The first-order valence-electron chi connectivity index (χ1n) is 8.65. The van der Waals surface area contributed by atoms with Gasteiger partial charge in [-0.15, -0.1) is 0 Å². The number of likely N-dealkylation sites (tertiary alicyclic amines) is 1. The molecule has 1 aromatic heterocycles. The quantitative estimate of drug-likeness (QED) is 0.911. The predicted octanol–water partition coefficient (Wildman–Crippen LogP) is 4.12. The Hall–Kier alpha value is -1.78. The minimum absolute atomic E-state index is 0.0566. The first kappa shape index (κ1) is 16.1. The fraction of sp³-hybridized carbons (Fsp3) is 0.667.